The van der Waals surface area contributed by atoms with Gasteiger partial charge in [-0.2, -0.15) is 0 Å². The molecular formula is C25H41N3O3. The minimum atomic E-state index is -0.367. The first-order chi connectivity index (χ1) is 15.2. The molecule has 6 nitrogen and oxygen atoms in total. The fourth-order valence-electron chi connectivity index (χ4n) is 5.49. The van der Waals surface area contributed by atoms with Crippen molar-refractivity contribution in [2.45, 2.75) is 70.9 Å². The van der Waals surface area contributed by atoms with Crippen molar-refractivity contribution in [2.75, 3.05) is 39.4 Å². The number of hydrogen-bond donors (Lipinski definition) is 2. The highest BCUT2D eigenvalue weighted by molar-refractivity contribution is 5.87. The Balaban J connectivity index is 1.20. The number of oxime groups is 1. The van der Waals surface area contributed by atoms with Crippen LogP contribution >= 0.6 is 0 Å². The summed E-state index contributed by atoms with van der Waals surface area (Å²) in [6, 6.07) is 0. The van der Waals surface area contributed by atoms with E-state index in [1.807, 2.05) is 6.92 Å². The van der Waals surface area contributed by atoms with Crippen LogP contribution in [0, 0.1) is 17.8 Å². The lowest BCUT2D eigenvalue weighted by molar-refractivity contribution is -0.0276. The van der Waals surface area contributed by atoms with E-state index in [4.69, 9.17) is 9.57 Å². The second kappa shape index (κ2) is 11.5. The average Bonchev–Trinajstić information content (AvgIpc) is 3.31. The molecule has 0 aromatic carbocycles. The number of allylic oxidation sites excluding steroid dienone is 4. The van der Waals surface area contributed by atoms with E-state index in [-0.39, 0.29) is 6.23 Å². The molecule has 2 heterocycles. The fraction of sp³-hybridized carbons (Fsp3) is 0.800. The summed E-state index contributed by atoms with van der Waals surface area (Å²) < 4.78 is 6.15. The van der Waals surface area contributed by atoms with Gasteiger partial charge in [-0.05, 0) is 82.9 Å². The van der Waals surface area contributed by atoms with Crippen LogP contribution in [0.1, 0.15) is 64.7 Å². The smallest absolute Gasteiger partial charge is 0.114 e. The molecule has 2 N–H and O–H groups in total. The van der Waals surface area contributed by atoms with E-state index in [0.29, 0.717) is 18.4 Å². The molecular weight excluding hydrogens is 390 g/mol. The van der Waals surface area contributed by atoms with Gasteiger partial charge in [0.2, 0.25) is 0 Å². The number of likely N-dealkylation sites (tertiary alicyclic amines) is 1. The highest BCUT2D eigenvalue weighted by atomic mass is 16.6. The molecule has 2 aliphatic heterocycles. The Morgan fingerprint density at radius 2 is 2.00 bits per heavy atom. The fourth-order valence-corrected chi connectivity index (χ4v) is 5.49. The molecule has 4 aliphatic rings. The van der Waals surface area contributed by atoms with Gasteiger partial charge in [-0.25, -0.2) is 0 Å². The van der Waals surface area contributed by atoms with E-state index >= 15 is 0 Å². The second-order valence-electron chi connectivity index (χ2n) is 9.67. The number of aliphatic hydroxyl groups excluding tert-OH is 1. The van der Waals surface area contributed by atoms with Gasteiger partial charge in [0, 0.05) is 31.8 Å². The standard InChI is InChI=1S/C25H41N3O3/c1-2-31-27-23-13-16-28(17-23)25(29)22-5-3-20(4-6-22)21-7-9-24(10-8-21)30-18-19-11-14-26-15-12-19/h3,9,19,21-22,25-26,29H,2,4-8,10-18H2,1H3. The van der Waals surface area contributed by atoms with Gasteiger partial charge in [0.25, 0.3) is 0 Å². The van der Waals surface area contributed by atoms with Crippen molar-refractivity contribution in [3.8, 4) is 0 Å². The van der Waals surface area contributed by atoms with Gasteiger partial charge in [-0.1, -0.05) is 16.8 Å². The van der Waals surface area contributed by atoms with Crippen LogP contribution in [0.25, 0.3) is 0 Å². The Morgan fingerprint density at radius 3 is 2.71 bits per heavy atom. The first kappa shape index (κ1) is 22.8. The number of nitrogens with zero attached hydrogens (tertiary/aromatic N) is 2. The Labute approximate surface area is 187 Å². The predicted octanol–water partition coefficient (Wildman–Crippen LogP) is 3.83. The SMILES string of the molecule is CCON=C1CCN(C(O)C2CC=C(C3CC=C(OCC4CCNCC4)CC3)CC2)C1. The molecule has 31 heavy (non-hydrogen) atoms. The van der Waals surface area contributed by atoms with Crippen LogP contribution in [0.3, 0.4) is 0 Å². The summed E-state index contributed by atoms with van der Waals surface area (Å²) in [4.78, 5) is 7.34. The summed E-state index contributed by atoms with van der Waals surface area (Å²) in [6.07, 6.45) is 14.4. The van der Waals surface area contributed by atoms with E-state index < -0.39 is 0 Å². The third-order valence-electron chi connectivity index (χ3n) is 7.54. The molecule has 0 spiro atoms. The van der Waals surface area contributed by atoms with E-state index in [2.05, 4.69) is 27.5 Å². The Bertz CT molecular complexity index is 669. The average molecular weight is 432 g/mol. The van der Waals surface area contributed by atoms with Gasteiger partial charge in [0.1, 0.15) is 12.8 Å². The van der Waals surface area contributed by atoms with Gasteiger partial charge in [0.05, 0.1) is 18.1 Å². The van der Waals surface area contributed by atoms with Gasteiger partial charge >= 0.3 is 0 Å². The van der Waals surface area contributed by atoms with Crippen molar-refractivity contribution in [3.63, 3.8) is 0 Å². The summed E-state index contributed by atoms with van der Waals surface area (Å²) in [5.74, 6) is 2.94. The first-order valence-corrected chi connectivity index (χ1v) is 12.5. The third kappa shape index (κ3) is 6.33. The van der Waals surface area contributed by atoms with E-state index in [1.165, 1.54) is 25.0 Å². The number of hydrogen-bond acceptors (Lipinski definition) is 6. The Hall–Kier alpha value is -1.37. The first-order valence-electron chi connectivity index (χ1n) is 12.5. The normalized spacial score (nSPS) is 30.7. The number of aliphatic hydroxyl groups is 1. The molecule has 2 saturated heterocycles. The highest BCUT2D eigenvalue weighted by Crippen LogP contribution is 2.37. The zero-order valence-corrected chi connectivity index (χ0v) is 19.2. The molecule has 3 atom stereocenters. The zero-order valence-electron chi connectivity index (χ0n) is 19.2. The van der Waals surface area contributed by atoms with Gasteiger partial charge in [0.15, 0.2) is 0 Å². The molecule has 6 heteroatoms. The topological polar surface area (TPSA) is 66.3 Å². The maximum atomic E-state index is 10.9. The van der Waals surface area contributed by atoms with Crippen molar-refractivity contribution in [2.24, 2.45) is 22.9 Å². The minimum Gasteiger partial charge on any atom is -0.498 e. The maximum Gasteiger partial charge on any atom is 0.114 e. The van der Waals surface area contributed by atoms with E-state index in [0.717, 1.165) is 82.9 Å². The molecule has 0 amide bonds. The molecule has 174 valence electrons. The van der Waals surface area contributed by atoms with Crippen molar-refractivity contribution in [1.29, 1.82) is 0 Å². The number of ether oxygens (including phenoxy) is 1. The maximum absolute atomic E-state index is 10.9. The lowest BCUT2D eigenvalue weighted by atomic mass is 9.78. The van der Waals surface area contributed by atoms with Crippen molar-refractivity contribution < 1.29 is 14.7 Å². The largest absolute Gasteiger partial charge is 0.498 e. The van der Waals surface area contributed by atoms with Crippen molar-refractivity contribution in [1.82, 2.24) is 10.2 Å². The van der Waals surface area contributed by atoms with Crippen LogP contribution in [0.5, 0.6) is 0 Å². The molecule has 2 aliphatic carbocycles. The Morgan fingerprint density at radius 1 is 1.13 bits per heavy atom. The third-order valence-corrected chi connectivity index (χ3v) is 7.54. The van der Waals surface area contributed by atoms with E-state index in [1.54, 1.807) is 5.57 Å². The summed E-state index contributed by atoms with van der Waals surface area (Å²) in [5.41, 5.74) is 2.66. The molecule has 0 aromatic rings. The highest BCUT2D eigenvalue weighted by Gasteiger charge is 2.32. The van der Waals surface area contributed by atoms with Crippen LogP contribution < -0.4 is 5.32 Å². The Kier molecular flexibility index (Phi) is 8.45. The number of nitrogens with one attached hydrogen (secondary N) is 1. The van der Waals surface area contributed by atoms with E-state index in [9.17, 15) is 5.11 Å². The van der Waals surface area contributed by atoms with Crippen LogP contribution in [-0.4, -0.2) is 61.3 Å². The number of rotatable bonds is 8. The van der Waals surface area contributed by atoms with Crippen LogP contribution in [-0.2, 0) is 9.57 Å². The lowest BCUT2D eigenvalue weighted by Crippen LogP contribution is -2.40. The van der Waals surface area contributed by atoms with Crippen molar-refractivity contribution >= 4 is 5.71 Å². The summed E-state index contributed by atoms with van der Waals surface area (Å²) in [7, 11) is 0. The van der Waals surface area contributed by atoms with Gasteiger partial charge in [-0.3, -0.25) is 4.90 Å². The predicted molar refractivity (Wildman–Crippen MR) is 124 cm³/mol. The zero-order chi connectivity index (χ0) is 21.5. The number of piperidine rings is 1. The minimum absolute atomic E-state index is 0.332. The molecule has 0 bridgehead atoms. The monoisotopic (exact) mass is 431 g/mol. The lowest BCUT2D eigenvalue weighted by Gasteiger charge is -2.34. The molecule has 4 rings (SSSR count). The quantitative estimate of drug-likeness (QED) is 0.452. The van der Waals surface area contributed by atoms with Crippen LogP contribution in [0.15, 0.2) is 28.6 Å². The second-order valence-corrected chi connectivity index (χ2v) is 9.67. The molecule has 3 unspecified atom stereocenters. The van der Waals surface area contributed by atoms with Crippen LogP contribution in [0.2, 0.25) is 0 Å². The van der Waals surface area contributed by atoms with Gasteiger partial charge < -0.3 is 20.0 Å². The molecule has 0 saturated carbocycles. The summed E-state index contributed by atoms with van der Waals surface area (Å²) in [6.45, 7) is 7.34. The summed E-state index contributed by atoms with van der Waals surface area (Å²) in [5, 5.41) is 18.5. The molecule has 2 fully saturated rings. The van der Waals surface area contributed by atoms with Gasteiger partial charge in [-0.15, -0.1) is 0 Å². The van der Waals surface area contributed by atoms with Crippen LogP contribution in [0.4, 0.5) is 0 Å². The van der Waals surface area contributed by atoms with Crippen molar-refractivity contribution in [3.05, 3.63) is 23.5 Å². The molecule has 0 radical (unpaired) electrons. The molecule has 0 aromatic heterocycles. The summed E-state index contributed by atoms with van der Waals surface area (Å²) >= 11 is 0.